The van der Waals surface area contributed by atoms with Crippen molar-refractivity contribution in [2.45, 2.75) is 64.5 Å². The van der Waals surface area contributed by atoms with Gasteiger partial charge >= 0.3 is 6.09 Å². The van der Waals surface area contributed by atoms with Crippen molar-refractivity contribution in [2.75, 3.05) is 26.2 Å². The van der Waals surface area contributed by atoms with E-state index in [1.165, 1.54) is 18.4 Å². The maximum atomic E-state index is 13.2. The standard InChI is InChI=1S/C26H35N3O3S/c1-17-15-22(20-7-5-18(6-8-20)19-9-12-27-13-10-19)33-23(17)24(30)29-14-11-21(16-29)28-25(31)32-26(2,3)4/h5-8,15,19,21,27H,9-14,16H2,1-4H3,(H,28,31)/t21-/m0/s1. The fraction of sp³-hybridized carbons (Fsp3) is 0.538. The zero-order valence-corrected chi connectivity index (χ0v) is 20.9. The number of amides is 2. The first kappa shape index (κ1) is 23.8. The summed E-state index contributed by atoms with van der Waals surface area (Å²) in [4.78, 5) is 29.0. The Morgan fingerprint density at radius 3 is 2.48 bits per heavy atom. The lowest BCUT2D eigenvalue weighted by atomic mass is 9.90. The van der Waals surface area contributed by atoms with E-state index >= 15 is 0 Å². The second kappa shape index (κ2) is 9.85. The maximum Gasteiger partial charge on any atom is 0.407 e. The second-order valence-corrected chi connectivity index (χ2v) is 11.2. The van der Waals surface area contributed by atoms with Crippen LogP contribution in [-0.2, 0) is 4.74 Å². The van der Waals surface area contributed by atoms with E-state index in [1.54, 1.807) is 11.3 Å². The summed E-state index contributed by atoms with van der Waals surface area (Å²) in [5.74, 6) is 0.684. The Balaban J connectivity index is 1.39. The average molecular weight is 470 g/mol. The molecule has 2 amide bonds. The summed E-state index contributed by atoms with van der Waals surface area (Å²) in [7, 11) is 0. The smallest absolute Gasteiger partial charge is 0.407 e. The van der Waals surface area contributed by atoms with E-state index in [-0.39, 0.29) is 11.9 Å². The number of hydrogen-bond donors (Lipinski definition) is 2. The molecular weight excluding hydrogens is 434 g/mol. The number of nitrogens with zero attached hydrogens (tertiary/aromatic N) is 1. The first-order valence-corrected chi connectivity index (χ1v) is 12.7. The van der Waals surface area contributed by atoms with E-state index < -0.39 is 11.7 Å². The fourth-order valence-electron chi connectivity index (χ4n) is 4.59. The lowest BCUT2D eigenvalue weighted by Crippen LogP contribution is -2.41. The summed E-state index contributed by atoms with van der Waals surface area (Å²) >= 11 is 1.56. The van der Waals surface area contributed by atoms with E-state index in [9.17, 15) is 9.59 Å². The number of benzene rings is 1. The summed E-state index contributed by atoms with van der Waals surface area (Å²) in [6.45, 7) is 10.9. The molecule has 1 aromatic carbocycles. The molecule has 178 valence electrons. The Labute approximate surface area is 200 Å². The number of ether oxygens (including phenoxy) is 1. The SMILES string of the molecule is Cc1cc(-c2ccc(C3CCNCC3)cc2)sc1C(=O)N1CC[C@H](NC(=O)OC(C)(C)C)C1. The number of nitrogens with one attached hydrogen (secondary N) is 2. The van der Waals surface area contributed by atoms with Gasteiger partial charge in [-0.3, -0.25) is 4.79 Å². The van der Waals surface area contributed by atoms with Crippen LogP contribution in [0, 0.1) is 6.92 Å². The molecule has 33 heavy (non-hydrogen) atoms. The molecule has 6 nitrogen and oxygen atoms in total. The minimum absolute atomic E-state index is 0.0450. The zero-order valence-electron chi connectivity index (χ0n) is 20.1. The van der Waals surface area contributed by atoms with E-state index in [4.69, 9.17) is 4.74 Å². The van der Waals surface area contributed by atoms with Gasteiger partial charge in [-0.05, 0) is 88.7 Å². The Hall–Kier alpha value is -2.38. The fourth-order valence-corrected chi connectivity index (χ4v) is 5.74. The molecule has 0 saturated carbocycles. The molecule has 4 rings (SSSR count). The van der Waals surface area contributed by atoms with Gasteiger partial charge in [-0.1, -0.05) is 24.3 Å². The van der Waals surface area contributed by atoms with E-state index in [0.29, 0.717) is 19.0 Å². The van der Waals surface area contributed by atoms with Crippen LogP contribution in [0.15, 0.2) is 30.3 Å². The molecule has 0 aliphatic carbocycles. The molecule has 0 unspecified atom stereocenters. The highest BCUT2D eigenvalue weighted by Gasteiger charge is 2.31. The number of piperidine rings is 1. The van der Waals surface area contributed by atoms with E-state index in [0.717, 1.165) is 40.4 Å². The molecule has 2 N–H and O–H groups in total. The van der Waals surface area contributed by atoms with Crippen LogP contribution >= 0.6 is 11.3 Å². The molecule has 0 spiro atoms. The number of likely N-dealkylation sites (tertiary alicyclic amines) is 1. The van der Waals surface area contributed by atoms with Gasteiger partial charge in [0.1, 0.15) is 5.60 Å². The van der Waals surface area contributed by atoms with Crippen LogP contribution in [0.2, 0.25) is 0 Å². The Morgan fingerprint density at radius 1 is 1.12 bits per heavy atom. The monoisotopic (exact) mass is 469 g/mol. The summed E-state index contributed by atoms with van der Waals surface area (Å²) in [6, 6.07) is 10.9. The number of hydrogen-bond acceptors (Lipinski definition) is 5. The van der Waals surface area contributed by atoms with Crippen molar-refractivity contribution in [3.63, 3.8) is 0 Å². The summed E-state index contributed by atoms with van der Waals surface area (Å²) < 4.78 is 5.34. The van der Waals surface area contributed by atoms with Gasteiger partial charge in [0.15, 0.2) is 0 Å². The van der Waals surface area contributed by atoms with Crippen LogP contribution in [0.1, 0.15) is 66.8 Å². The van der Waals surface area contributed by atoms with Crippen molar-refractivity contribution in [3.8, 4) is 10.4 Å². The van der Waals surface area contributed by atoms with Crippen LogP contribution < -0.4 is 10.6 Å². The van der Waals surface area contributed by atoms with E-state index in [1.807, 2.05) is 32.6 Å². The van der Waals surface area contributed by atoms with E-state index in [2.05, 4.69) is 41.0 Å². The molecular formula is C26H35N3O3S. The molecule has 0 radical (unpaired) electrons. The number of aryl methyl sites for hydroxylation is 1. The topological polar surface area (TPSA) is 70.7 Å². The van der Waals surface area contributed by atoms with Gasteiger partial charge in [0.25, 0.3) is 5.91 Å². The van der Waals surface area contributed by atoms with Crippen LogP contribution in [0.4, 0.5) is 4.79 Å². The zero-order chi connectivity index (χ0) is 23.6. The molecule has 1 aromatic heterocycles. The van der Waals surface area contributed by atoms with Gasteiger partial charge in [0.05, 0.1) is 10.9 Å². The van der Waals surface area contributed by atoms with Crippen LogP contribution in [0.25, 0.3) is 10.4 Å². The predicted molar refractivity (Wildman–Crippen MR) is 133 cm³/mol. The summed E-state index contributed by atoms with van der Waals surface area (Å²) in [5, 5.41) is 6.32. The van der Waals surface area contributed by atoms with Crippen LogP contribution in [0.5, 0.6) is 0 Å². The minimum atomic E-state index is -0.533. The highest BCUT2D eigenvalue weighted by molar-refractivity contribution is 7.17. The molecule has 3 heterocycles. The Kier molecular flexibility index (Phi) is 7.10. The summed E-state index contributed by atoms with van der Waals surface area (Å²) in [6.07, 6.45) is 2.69. The molecule has 0 bridgehead atoms. The summed E-state index contributed by atoms with van der Waals surface area (Å²) in [5.41, 5.74) is 3.04. The average Bonchev–Trinajstić information content (AvgIpc) is 3.39. The number of alkyl carbamates (subject to hydrolysis) is 1. The quantitative estimate of drug-likeness (QED) is 0.666. The first-order chi connectivity index (χ1) is 15.7. The van der Waals surface area contributed by atoms with Gasteiger partial charge in [0.2, 0.25) is 0 Å². The van der Waals surface area contributed by atoms with Crippen molar-refractivity contribution < 1.29 is 14.3 Å². The molecule has 7 heteroatoms. The molecule has 2 fully saturated rings. The highest BCUT2D eigenvalue weighted by atomic mass is 32.1. The second-order valence-electron chi connectivity index (χ2n) is 10.2. The van der Waals surface area contributed by atoms with Gasteiger partial charge in [-0.2, -0.15) is 0 Å². The largest absolute Gasteiger partial charge is 0.444 e. The Morgan fingerprint density at radius 2 is 1.82 bits per heavy atom. The predicted octanol–water partition coefficient (Wildman–Crippen LogP) is 4.93. The van der Waals surface area contributed by atoms with Gasteiger partial charge in [0, 0.05) is 18.0 Å². The molecule has 2 aliphatic rings. The van der Waals surface area contributed by atoms with Crippen molar-refractivity contribution >= 4 is 23.3 Å². The lowest BCUT2D eigenvalue weighted by Gasteiger charge is -2.23. The van der Waals surface area contributed by atoms with Gasteiger partial charge in [-0.15, -0.1) is 11.3 Å². The molecule has 1 atom stereocenters. The highest BCUT2D eigenvalue weighted by Crippen LogP contribution is 2.34. The molecule has 2 aliphatic heterocycles. The van der Waals surface area contributed by atoms with Crippen molar-refractivity contribution in [1.29, 1.82) is 0 Å². The third-order valence-electron chi connectivity index (χ3n) is 6.31. The first-order valence-electron chi connectivity index (χ1n) is 11.9. The number of thiophene rings is 1. The van der Waals surface area contributed by atoms with Crippen molar-refractivity contribution in [1.82, 2.24) is 15.5 Å². The number of rotatable bonds is 4. The number of carbonyl (C=O) groups excluding carboxylic acids is 2. The minimum Gasteiger partial charge on any atom is -0.444 e. The lowest BCUT2D eigenvalue weighted by molar-refractivity contribution is 0.0502. The van der Waals surface area contributed by atoms with Crippen LogP contribution in [0.3, 0.4) is 0 Å². The third-order valence-corrected chi connectivity index (χ3v) is 7.59. The van der Waals surface area contributed by atoms with Gasteiger partial charge < -0.3 is 20.3 Å². The number of carbonyl (C=O) groups is 2. The molecule has 2 aromatic rings. The van der Waals surface area contributed by atoms with Gasteiger partial charge in [-0.25, -0.2) is 4.79 Å². The third kappa shape index (κ3) is 5.95. The normalized spacial score (nSPS) is 19.5. The Bertz CT molecular complexity index is 987. The maximum absolute atomic E-state index is 13.2. The molecule has 2 saturated heterocycles. The van der Waals surface area contributed by atoms with Crippen molar-refractivity contribution in [2.24, 2.45) is 0 Å². The van der Waals surface area contributed by atoms with Crippen LogP contribution in [-0.4, -0.2) is 54.7 Å². The van der Waals surface area contributed by atoms with Crippen molar-refractivity contribution in [3.05, 3.63) is 46.3 Å².